The molecular formula is C51H86O12. The van der Waals surface area contributed by atoms with E-state index in [1.165, 1.54) is 38.5 Å². The maximum Gasteiger partial charge on any atom is 0.335 e. The van der Waals surface area contributed by atoms with Gasteiger partial charge in [0, 0.05) is 19.3 Å². The number of esters is 3. The number of carboxylic acid groups (broad SMARTS) is 1. The Morgan fingerprint density at radius 3 is 1.60 bits per heavy atom. The first kappa shape index (κ1) is 57.7. The number of aliphatic hydroxyl groups excluding tert-OH is 2. The average Bonchev–Trinajstić information content (AvgIpc) is 3.26. The van der Waals surface area contributed by atoms with E-state index < -0.39 is 67.3 Å². The zero-order valence-electron chi connectivity index (χ0n) is 39.3. The fourth-order valence-electron chi connectivity index (χ4n) is 7.07. The Labute approximate surface area is 380 Å². The molecule has 12 nitrogen and oxygen atoms in total. The van der Waals surface area contributed by atoms with Crippen LogP contribution in [0.4, 0.5) is 0 Å². The molecule has 1 rings (SSSR count). The summed E-state index contributed by atoms with van der Waals surface area (Å²) in [5, 5.41) is 31.2. The number of carboxylic acids is 1. The third-order valence-electron chi connectivity index (χ3n) is 10.9. The number of carbonyl (C=O) groups is 4. The second-order valence-electron chi connectivity index (χ2n) is 16.7. The second kappa shape index (κ2) is 40.2. The van der Waals surface area contributed by atoms with E-state index in [9.17, 15) is 34.5 Å². The van der Waals surface area contributed by atoms with Crippen molar-refractivity contribution in [3.05, 3.63) is 48.6 Å². The van der Waals surface area contributed by atoms with Crippen molar-refractivity contribution >= 4 is 23.9 Å². The van der Waals surface area contributed by atoms with Crippen molar-refractivity contribution in [3.8, 4) is 0 Å². The molecule has 0 aromatic carbocycles. The minimum Gasteiger partial charge on any atom is -0.479 e. The van der Waals surface area contributed by atoms with Crippen molar-refractivity contribution in [1.82, 2.24) is 0 Å². The number of aliphatic carboxylic acids is 1. The van der Waals surface area contributed by atoms with Gasteiger partial charge in [-0.25, -0.2) is 4.79 Å². The molecule has 1 heterocycles. The van der Waals surface area contributed by atoms with Crippen LogP contribution in [-0.4, -0.2) is 89.2 Å². The number of aliphatic hydroxyl groups is 2. The quantitative estimate of drug-likeness (QED) is 0.0230. The summed E-state index contributed by atoms with van der Waals surface area (Å²) < 4.78 is 28.1. The van der Waals surface area contributed by atoms with Crippen molar-refractivity contribution in [2.24, 2.45) is 0 Å². The first-order valence-corrected chi connectivity index (χ1v) is 24.6. The van der Waals surface area contributed by atoms with Crippen LogP contribution >= 0.6 is 0 Å². The number of carbonyl (C=O) groups excluding carboxylic acids is 3. The highest BCUT2D eigenvalue weighted by Crippen LogP contribution is 2.26. The molecule has 0 aromatic heterocycles. The van der Waals surface area contributed by atoms with Gasteiger partial charge < -0.3 is 39.0 Å². The summed E-state index contributed by atoms with van der Waals surface area (Å²) in [6.45, 7) is 5.73. The zero-order valence-corrected chi connectivity index (χ0v) is 39.3. The number of ether oxygens (including phenoxy) is 5. The fourth-order valence-corrected chi connectivity index (χ4v) is 7.07. The van der Waals surface area contributed by atoms with Crippen LogP contribution in [0.5, 0.6) is 0 Å². The SMILES string of the molecule is CC/C=C\C/C=C\C/C=C\CCCCCC(=O)OCC(COC1OC(C(=O)O)C(O)C(O)C1OC(=O)CCCCCCCCCCC)OC(=O)CCCCCCC/C=C\CCCC. The molecule has 1 fully saturated rings. The summed E-state index contributed by atoms with van der Waals surface area (Å²) in [5.74, 6) is -3.17. The van der Waals surface area contributed by atoms with Gasteiger partial charge >= 0.3 is 23.9 Å². The first-order valence-electron chi connectivity index (χ1n) is 24.6. The van der Waals surface area contributed by atoms with Crippen molar-refractivity contribution in [1.29, 1.82) is 0 Å². The molecule has 12 heteroatoms. The first-order chi connectivity index (χ1) is 30.6. The molecule has 3 N–H and O–H groups in total. The minimum absolute atomic E-state index is 0.0578. The molecular weight excluding hydrogens is 805 g/mol. The third-order valence-corrected chi connectivity index (χ3v) is 10.9. The molecule has 6 atom stereocenters. The van der Waals surface area contributed by atoms with E-state index in [0.29, 0.717) is 19.3 Å². The second-order valence-corrected chi connectivity index (χ2v) is 16.7. The van der Waals surface area contributed by atoms with Crippen LogP contribution in [-0.2, 0) is 42.9 Å². The molecule has 0 aromatic rings. The molecule has 0 amide bonds. The fraction of sp³-hybridized carbons (Fsp3) is 0.765. The van der Waals surface area contributed by atoms with Crippen molar-refractivity contribution < 1.29 is 58.2 Å². The van der Waals surface area contributed by atoms with Crippen LogP contribution in [0, 0.1) is 0 Å². The lowest BCUT2D eigenvalue weighted by molar-refractivity contribution is -0.301. The molecule has 6 unspecified atom stereocenters. The van der Waals surface area contributed by atoms with Gasteiger partial charge in [0.05, 0.1) is 6.61 Å². The summed E-state index contributed by atoms with van der Waals surface area (Å²) in [6.07, 6.45) is 32.7. The average molecular weight is 891 g/mol. The van der Waals surface area contributed by atoms with Gasteiger partial charge in [0.1, 0.15) is 18.8 Å². The van der Waals surface area contributed by atoms with Gasteiger partial charge in [0.15, 0.2) is 24.6 Å². The number of hydrogen-bond donors (Lipinski definition) is 3. The highest BCUT2D eigenvalue weighted by Gasteiger charge is 2.50. The van der Waals surface area contributed by atoms with Crippen LogP contribution in [0.2, 0.25) is 0 Å². The summed E-state index contributed by atoms with van der Waals surface area (Å²) in [6, 6.07) is 0. The monoisotopic (exact) mass is 891 g/mol. The van der Waals surface area contributed by atoms with Gasteiger partial charge in [-0.15, -0.1) is 0 Å². The summed E-state index contributed by atoms with van der Waals surface area (Å²) in [4.78, 5) is 50.6. The Morgan fingerprint density at radius 2 is 1.02 bits per heavy atom. The van der Waals surface area contributed by atoms with Crippen molar-refractivity contribution in [3.63, 3.8) is 0 Å². The lowest BCUT2D eigenvalue weighted by Gasteiger charge is -2.40. The van der Waals surface area contributed by atoms with E-state index in [0.717, 1.165) is 103 Å². The van der Waals surface area contributed by atoms with E-state index in [-0.39, 0.29) is 25.9 Å². The normalized spacial score (nSPS) is 19.7. The molecule has 63 heavy (non-hydrogen) atoms. The molecule has 1 saturated heterocycles. The Hall–Kier alpha value is -3.32. The maximum absolute atomic E-state index is 13.0. The Morgan fingerprint density at radius 1 is 0.540 bits per heavy atom. The van der Waals surface area contributed by atoms with Crippen LogP contribution in [0.15, 0.2) is 48.6 Å². The molecule has 0 saturated carbocycles. The molecule has 362 valence electrons. The molecule has 0 radical (unpaired) electrons. The predicted octanol–water partition coefficient (Wildman–Crippen LogP) is 11.1. The Bertz CT molecular complexity index is 1290. The third kappa shape index (κ3) is 31.2. The van der Waals surface area contributed by atoms with E-state index >= 15 is 0 Å². The van der Waals surface area contributed by atoms with Gasteiger partial charge in [0.25, 0.3) is 0 Å². The van der Waals surface area contributed by atoms with Crippen LogP contribution in [0.25, 0.3) is 0 Å². The molecule has 1 aliphatic heterocycles. The highest BCUT2D eigenvalue weighted by molar-refractivity contribution is 5.74. The van der Waals surface area contributed by atoms with Crippen molar-refractivity contribution in [2.45, 2.75) is 237 Å². The Kier molecular flexibility index (Phi) is 36.8. The van der Waals surface area contributed by atoms with Gasteiger partial charge in [-0.3, -0.25) is 14.4 Å². The van der Waals surface area contributed by atoms with Crippen LogP contribution in [0.3, 0.4) is 0 Å². The molecule has 0 aliphatic carbocycles. The topological polar surface area (TPSA) is 175 Å². The molecule has 0 bridgehead atoms. The summed E-state index contributed by atoms with van der Waals surface area (Å²) >= 11 is 0. The van der Waals surface area contributed by atoms with E-state index in [1.54, 1.807) is 0 Å². The number of allylic oxidation sites excluding steroid dienone is 8. The van der Waals surface area contributed by atoms with Crippen LogP contribution < -0.4 is 0 Å². The predicted molar refractivity (Wildman–Crippen MR) is 248 cm³/mol. The van der Waals surface area contributed by atoms with E-state index in [2.05, 4.69) is 69.4 Å². The maximum atomic E-state index is 13.0. The smallest absolute Gasteiger partial charge is 0.335 e. The van der Waals surface area contributed by atoms with Crippen LogP contribution in [0.1, 0.15) is 201 Å². The van der Waals surface area contributed by atoms with E-state index in [1.807, 2.05) is 0 Å². The summed E-state index contributed by atoms with van der Waals surface area (Å²) in [5.41, 5.74) is 0. The van der Waals surface area contributed by atoms with E-state index in [4.69, 9.17) is 23.7 Å². The lowest BCUT2D eigenvalue weighted by Crippen LogP contribution is -2.61. The van der Waals surface area contributed by atoms with Crippen molar-refractivity contribution in [2.75, 3.05) is 13.2 Å². The zero-order chi connectivity index (χ0) is 46.2. The summed E-state index contributed by atoms with van der Waals surface area (Å²) in [7, 11) is 0. The standard InChI is InChI=1S/C51H86O12/c1-4-7-10-13-16-19-21-22-24-26-28-31-34-37-43(52)59-40-42(61-44(53)38-35-32-30-27-23-20-17-14-11-8-5-2)41-60-51-49(47(56)46(55)48(63-51)50(57)58)62-45(54)39-36-33-29-25-18-15-12-9-6-3/h7,10,14,16-17,19,22,24,42,46-49,51,55-56H,4-6,8-9,11-13,15,18,20-21,23,25-41H2,1-3H3,(H,57,58)/b10-7-,17-14-,19-16-,24-22-. The number of rotatable bonds is 40. The van der Waals surface area contributed by atoms with Gasteiger partial charge in [-0.2, -0.15) is 0 Å². The lowest BCUT2D eigenvalue weighted by atomic mass is 9.98. The number of unbranched alkanes of at least 4 members (excludes halogenated alkanes) is 18. The van der Waals surface area contributed by atoms with Gasteiger partial charge in [-0.05, 0) is 70.6 Å². The molecule has 0 spiro atoms. The minimum atomic E-state index is -1.90. The largest absolute Gasteiger partial charge is 0.479 e. The Balaban J connectivity index is 2.78. The molecule has 1 aliphatic rings. The number of hydrogen-bond acceptors (Lipinski definition) is 11. The highest BCUT2D eigenvalue weighted by atomic mass is 16.7. The van der Waals surface area contributed by atoms with Gasteiger partial charge in [0.2, 0.25) is 0 Å². The van der Waals surface area contributed by atoms with Gasteiger partial charge in [-0.1, -0.05) is 159 Å².